The van der Waals surface area contributed by atoms with Gasteiger partial charge < -0.3 is 10.6 Å². The number of hydrogen-bond donors (Lipinski definition) is 2. The van der Waals surface area contributed by atoms with E-state index in [4.69, 9.17) is 4.98 Å². The van der Waals surface area contributed by atoms with Gasteiger partial charge in [-0.2, -0.15) is 0 Å². The minimum absolute atomic E-state index is 0.0408. The third-order valence-corrected chi connectivity index (χ3v) is 6.29. The first kappa shape index (κ1) is 17.4. The van der Waals surface area contributed by atoms with E-state index in [0.717, 1.165) is 40.6 Å². The molecule has 1 atom stereocenters. The molecule has 2 N–H and O–H groups in total. The summed E-state index contributed by atoms with van der Waals surface area (Å²) in [7, 11) is 0. The molecule has 1 aromatic carbocycles. The molecule has 4 aromatic rings. The van der Waals surface area contributed by atoms with Crippen LogP contribution in [0, 0.1) is 0 Å². The number of pyridine rings is 2. The van der Waals surface area contributed by atoms with Crippen molar-refractivity contribution in [3.05, 3.63) is 108 Å². The molecule has 0 saturated heterocycles. The molecular weight excluding hydrogens is 396 g/mol. The summed E-state index contributed by atoms with van der Waals surface area (Å²) in [6.07, 6.45) is 12.3. The van der Waals surface area contributed by atoms with Gasteiger partial charge in [0.05, 0.1) is 28.5 Å². The van der Waals surface area contributed by atoms with Crippen molar-refractivity contribution in [1.29, 1.82) is 0 Å². The highest BCUT2D eigenvalue weighted by atomic mass is 15.3. The number of nitrogens with zero attached hydrogens (tertiary/aromatic N) is 4. The Hall–Kier alpha value is -4.32. The smallest absolute Gasteiger partial charge is 0.138 e. The number of rotatable bonds is 2. The third-order valence-electron chi connectivity index (χ3n) is 6.29. The van der Waals surface area contributed by atoms with Crippen molar-refractivity contribution in [1.82, 2.24) is 19.9 Å². The van der Waals surface area contributed by atoms with Crippen LogP contribution in [-0.2, 0) is 0 Å². The molecule has 0 spiro atoms. The van der Waals surface area contributed by atoms with E-state index >= 15 is 0 Å². The Morgan fingerprint density at radius 3 is 2.72 bits per heavy atom. The normalized spacial score (nSPS) is 18.2. The van der Waals surface area contributed by atoms with Crippen LogP contribution in [0.2, 0.25) is 0 Å². The van der Waals surface area contributed by atoms with Crippen LogP contribution >= 0.6 is 0 Å². The van der Waals surface area contributed by atoms with Crippen molar-refractivity contribution < 1.29 is 0 Å². The number of aromatic nitrogens is 3. The molecule has 0 aliphatic carbocycles. The molecular formula is C26H20N6. The molecule has 154 valence electrons. The summed E-state index contributed by atoms with van der Waals surface area (Å²) in [6.45, 7) is 0.821. The molecule has 0 fully saturated rings. The Morgan fingerprint density at radius 1 is 0.938 bits per heavy atom. The van der Waals surface area contributed by atoms with Crippen LogP contribution in [0.1, 0.15) is 17.2 Å². The zero-order chi connectivity index (χ0) is 21.1. The van der Waals surface area contributed by atoms with Gasteiger partial charge in [0.25, 0.3) is 0 Å². The van der Waals surface area contributed by atoms with Crippen molar-refractivity contribution in [2.45, 2.75) is 6.04 Å². The summed E-state index contributed by atoms with van der Waals surface area (Å²) < 4.78 is 2.18. The predicted molar refractivity (Wildman–Crippen MR) is 127 cm³/mol. The highest BCUT2D eigenvalue weighted by Gasteiger charge is 2.39. The average molecular weight is 416 g/mol. The number of allylic oxidation sites excluding steroid dienone is 2. The van der Waals surface area contributed by atoms with Crippen molar-refractivity contribution in [2.75, 3.05) is 16.8 Å². The van der Waals surface area contributed by atoms with Gasteiger partial charge in [0.1, 0.15) is 17.5 Å². The number of benzene rings is 1. The van der Waals surface area contributed by atoms with Gasteiger partial charge in [-0.15, -0.1) is 0 Å². The lowest BCUT2D eigenvalue weighted by molar-refractivity contribution is 0.815. The summed E-state index contributed by atoms with van der Waals surface area (Å²) in [4.78, 5) is 11.7. The summed E-state index contributed by atoms with van der Waals surface area (Å²) in [5.74, 6) is 2.98. The second-order valence-electron chi connectivity index (χ2n) is 8.06. The van der Waals surface area contributed by atoms with E-state index in [0.29, 0.717) is 0 Å². The van der Waals surface area contributed by atoms with E-state index in [1.807, 2.05) is 36.7 Å². The molecule has 3 aliphatic heterocycles. The number of fused-ring (bicyclic) bond motifs is 6. The van der Waals surface area contributed by atoms with Gasteiger partial charge in [-0.05, 0) is 42.5 Å². The molecule has 0 saturated carbocycles. The van der Waals surface area contributed by atoms with E-state index < -0.39 is 0 Å². The Labute approximate surface area is 185 Å². The van der Waals surface area contributed by atoms with Crippen LogP contribution in [-0.4, -0.2) is 21.1 Å². The lowest BCUT2D eigenvalue weighted by Crippen LogP contribution is -2.32. The first-order valence-corrected chi connectivity index (χ1v) is 10.8. The molecule has 6 heteroatoms. The Bertz CT molecular complexity index is 1460. The average Bonchev–Trinajstić information content (AvgIpc) is 3.36. The van der Waals surface area contributed by atoms with Gasteiger partial charge in [0, 0.05) is 30.1 Å². The van der Waals surface area contributed by atoms with Crippen LogP contribution < -0.4 is 15.5 Å². The van der Waals surface area contributed by atoms with Gasteiger partial charge >= 0.3 is 0 Å². The van der Waals surface area contributed by atoms with Gasteiger partial charge in [0.2, 0.25) is 0 Å². The first-order valence-electron chi connectivity index (χ1n) is 10.8. The van der Waals surface area contributed by atoms with E-state index in [9.17, 15) is 0 Å². The van der Waals surface area contributed by atoms with Gasteiger partial charge in [-0.3, -0.25) is 14.5 Å². The fourth-order valence-electron chi connectivity index (χ4n) is 4.96. The highest BCUT2D eigenvalue weighted by molar-refractivity contribution is 5.98. The SMILES string of the molecule is C1=CCNC(N2C3=Cc4c(n(-c5ccccn5)c5cccnc45)NC3c3ccccc32)=C1. The third kappa shape index (κ3) is 2.34. The lowest BCUT2D eigenvalue weighted by atomic mass is 10.0. The Balaban J connectivity index is 1.50. The molecule has 6 heterocycles. The molecule has 0 amide bonds. The molecule has 0 radical (unpaired) electrons. The number of para-hydroxylation sites is 1. The maximum absolute atomic E-state index is 4.75. The van der Waals surface area contributed by atoms with Crippen LogP contribution in [0.4, 0.5) is 11.5 Å². The number of nitrogens with one attached hydrogen (secondary N) is 2. The number of anilines is 2. The van der Waals surface area contributed by atoms with E-state index in [2.05, 4.69) is 79.7 Å². The molecule has 32 heavy (non-hydrogen) atoms. The zero-order valence-electron chi connectivity index (χ0n) is 17.2. The molecule has 1 unspecified atom stereocenters. The topological polar surface area (TPSA) is 58.0 Å². The second kappa shape index (κ2) is 6.59. The van der Waals surface area contributed by atoms with Crippen LogP contribution in [0.3, 0.4) is 0 Å². The Kier molecular flexibility index (Phi) is 3.58. The van der Waals surface area contributed by atoms with Crippen LogP contribution in [0.5, 0.6) is 0 Å². The number of hydrogen-bond acceptors (Lipinski definition) is 5. The van der Waals surface area contributed by atoms with Crippen LogP contribution in [0.15, 0.2) is 96.7 Å². The fraction of sp³-hybridized carbons (Fsp3) is 0.0769. The predicted octanol–water partition coefficient (Wildman–Crippen LogP) is 4.75. The van der Waals surface area contributed by atoms with Gasteiger partial charge in [-0.25, -0.2) is 4.98 Å². The van der Waals surface area contributed by atoms with Gasteiger partial charge in [0.15, 0.2) is 0 Å². The van der Waals surface area contributed by atoms with Crippen molar-refractivity contribution in [2.24, 2.45) is 0 Å². The van der Waals surface area contributed by atoms with E-state index in [1.165, 1.54) is 16.9 Å². The fourth-order valence-corrected chi connectivity index (χ4v) is 4.96. The maximum atomic E-state index is 4.75. The molecule has 3 aliphatic rings. The maximum Gasteiger partial charge on any atom is 0.138 e. The largest absolute Gasteiger partial charge is 0.368 e. The zero-order valence-corrected chi connectivity index (χ0v) is 17.2. The van der Waals surface area contributed by atoms with Crippen molar-refractivity contribution in [3.63, 3.8) is 0 Å². The van der Waals surface area contributed by atoms with Crippen molar-refractivity contribution in [3.8, 4) is 5.82 Å². The summed E-state index contributed by atoms with van der Waals surface area (Å²) >= 11 is 0. The monoisotopic (exact) mass is 416 g/mol. The Morgan fingerprint density at radius 2 is 1.84 bits per heavy atom. The van der Waals surface area contributed by atoms with E-state index in [1.54, 1.807) is 0 Å². The summed E-state index contributed by atoms with van der Waals surface area (Å²) in [5, 5.41) is 7.37. The minimum atomic E-state index is 0.0408. The summed E-state index contributed by atoms with van der Waals surface area (Å²) in [5.41, 5.74) is 6.73. The summed E-state index contributed by atoms with van der Waals surface area (Å²) in [6, 6.07) is 18.7. The quantitative estimate of drug-likeness (QED) is 0.494. The number of dihydropyridines is 1. The van der Waals surface area contributed by atoms with Crippen molar-refractivity contribution >= 4 is 28.6 Å². The second-order valence-corrected chi connectivity index (χ2v) is 8.06. The first-order chi connectivity index (χ1) is 15.9. The lowest BCUT2D eigenvalue weighted by Gasteiger charge is -2.30. The molecule has 3 aromatic heterocycles. The molecule has 6 nitrogen and oxygen atoms in total. The minimum Gasteiger partial charge on any atom is -0.368 e. The molecule has 7 rings (SSSR count). The van der Waals surface area contributed by atoms with Gasteiger partial charge in [-0.1, -0.05) is 36.4 Å². The molecule has 0 bridgehead atoms. The van der Waals surface area contributed by atoms with E-state index in [-0.39, 0.29) is 6.04 Å². The standard InChI is InChI=1S/C26H20N6/c1-2-9-19-17(8-1)25-21(31(19)22-11-3-5-13-27-22)16-18-24-20(10-7-15-29-24)32(26(18)30-25)23-12-4-6-14-28-23/h1-12,14-16,25,27,30H,13H2. The van der Waals surface area contributed by atoms with Crippen LogP contribution in [0.25, 0.3) is 22.9 Å². The highest BCUT2D eigenvalue weighted by Crippen LogP contribution is 2.50.